The van der Waals surface area contributed by atoms with Crippen molar-refractivity contribution in [3.05, 3.63) is 30.6 Å². The van der Waals surface area contributed by atoms with E-state index in [1.807, 2.05) is 29.2 Å². The topological polar surface area (TPSA) is 75.9 Å². The highest BCUT2D eigenvalue weighted by Gasteiger charge is 2.28. The molecule has 0 radical (unpaired) electrons. The van der Waals surface area contributed by atoms with Crippen molar-refractivity contribution in [3.63, 3.8) is 0 Å². The van der Waals surface area contributed by atoms with Crippen LogP contribution < -0.4 is 5.32 Å². The molecule has 1 fully saturated rings. The monoisotopic (exact) mass is 314 g/mol. The van der Waals surface area contributed by atoms with Gasteiger partial charge in [-0.2, -0.15) is 0 Å². The molecular formula is C16H22N6O. The Balaban J connectivity index is 1.58. The molecule has 2 aromatic rings. The first-order valence-corrected chi connectivity index (χ1v) is 8.03. The molecule has 0 bridgehead atoms. The maximum atomic E-state index is 12.5. The van der Waals surface area contributed by atoms with Gasteiger partial charge in [-0.15, -0.1) is 5.10 Å². The lowest BCUT2D eigenvalue weighted by Gasteiger charge is -2.39. The van der Waals surface area contributed by atoms with Crippen LogP contribution >= 0.6 is 0 Å². The second kappa shape index (κ2) is 6.76. The maximum absolute atomic E-state index is 12.5. The molecule has 1 aromatic heterocycles. The minimum absolute atomic E-state index is 0.161. The number of amides is 1. The van der Waals surface area contributed by atoms with E-state index in [1.54, 1.807) is 11.0 Å². The largest absolute Gasteiger partial charge is 0.376 e. The van der Waals surface area contributed by atoms with Crippen molar-refractivity contribution in [2.75, 3.05) is 11.9 Å². The molecule has 0 unspecified atom stereocenters. The number of carbonyl (C=O) groups excluding carboxylic acids is 1. The van der Waals surface area contributed by atoms with Crippen LogP contribution in [0.3, 0.4) is 0 Å². The summed E-state index contributed by atoms with van der Waals surface area (Å²) < 4.78 is 1.59. The normalized spacial score (nSPS) is 21.2. The molecule has 0 aliphatic carbocycles. The van der Waals surface area contributed by atoms with Crippen molar-refractivity contribution < 1.29 is 4.79 Å². The van der Waals surface area contributed by atoms with E-state index < -0.39 is 0 Å². The number of tetrazole rings is 1. The fraction of sp³-hybridized carbons (Fsp3) is 0.500. The Bertz CT molecular complexity index is 629. The molecule has 0 saturated carbocycles. The summed E-state index contributed by atoms with van der Waals surface area (Å²) in [7, 11) is 0. The molecule has 2 atom stereocenters. The first-order valence-electron chi connectivity index (χ1n) is 8.03. The number of hydrogen-bond acceptors (Lipinski definition) is 5. The van der Waals surface area contributed by atoms with Gasteiger partial charge in [0.25, 0.3) is 0 Å². The van der Waals surface area contributed by atoms with Gasteiger partial charge in [0.05, 0.1) is 12.2 Å². The first-order chi connectivity index (χ1) is 11.1. The molecule has 1 N–H and O–H groups in total. The number of nitrogens with one attached hydrogen (secondary N) is 1. The number of aromatic nitrogens is 4. The van der Waals surface area contributed by atoms with E-state index in [-0.39, 0.29) is 5.91 Å². The molecule has 7 nitrogen and oxygen atoms in total. The number of benzene rings is 1. The number of piperidine rings is 1. The van der Waals surface area contributed by atoms with Crippen LogP contribution in [-0.2, 0) is 4.79 Å². The van der Waals surface area contributed by atoms with Crippen LogP contribution in [0.2, 0.25) is 0 Å². The Hall–Kier alpha value is -2.44. The highest BCUT2D eigenvalue weighted by atomic mass is 16.2. The lowest BCUT2D eigenvalue weighted by Crippen LogP contribution is -2.49. The summed E-state index contributed by atoms with van der Waals surface area (Å²) in [4.78, 5) is 14.5. The van der Waals surface area contributed by atoms with Crippen molar-refractivity contribution in [1.29, 1.82) is 0 Å². The fourth-order valence-electron chi connectivity index (χ4n) is 3.19. The van der Waals surface area contributed by atoms with Crippen LogP contribution in [0.15, 0.2) is 30.6 Å². The summed E-state index contributed by atoms with van der Waals surface area (Å²) in [6, 6.07) is 8.33. The predicted octanol–water partition coefficient (Wildman–Crippen LogP) is 1.86. The summed E-state index contributed by atoms with van der Waals surface area (Å²) in [5.74, 6) is 0.161. The Morgan fingerprint density at radius 1 is 1.22 bits per heavy atom. The van der Waals surface area contributed by atoms with Gasteiger partial charge >= 0.3 is 0 Å². The Labute approximate surface area is 135 Å². The van der Waals surface area contributed by atoms with Gasteiger partial charge in [-0.05, 0) is 67.8 Å². The van der Waals surface area contributed by atoms with Gasteiger partial charge in [0.2, 0.25) is 5.91 Å². The molecule has 2 heterocycles. The molecule has 1 amide bonds. The van der Waals surface area contributed by atoms with E-state index in [0.717, 1.165) is 24.2 Å². The molecule has 1 aliphatic heterocycles. The van der Waals surface area contributed by atoms with Crippen LogP contribution in [-0.4, -0.2) is 49.6 Å². The minimum atomic E-state index is 0.161. The second-order valence-electron chi connectivity index (χ2n) is 6.08. The van der Waals surface area contributed by atoms with Gasteiger partial charge in [0.1, 0.15) is 6.33 Å². The summed E-state index contributed by atoms with van der Waals surface area (Å²) in [5.41, 5.74) is 1.79. The molecule has 7 heteroatoms. The van der Waals surface area contributed by atoms with Crippen LogP contribution in [0.1, 0.15) is 33.1 Å². The van der Waals surface area contributed by atoms with Crippen molar-refractivity contribution in [1.82, 2.24) is 25.1 Å². The number of likely N-dealkylation sites (tertiary alicyclic amines) is 1. The molecule has 1 aliphatic rings. The van der Waals surface area contributed by atoms with Crippen LogP contribution in [0.25, 0.3) is 5.69 Å². The van der Waals surface area contributed by atoms with Gasteiger partial charge in [-0.3, -0.25) is 4.79 Å². The molecule has 23 heavy (non-hydrogen) atoms. The average molecular weight is 314 g/mol. The predicted molar refractivity (Wildman–Crippen MR) is 87.3 cm³/mol. The molecule has 3 rings (SSSR count). The molecular weight excluding hydrogens is 292 g/mol. The Morgan fingerprint density at radius 3 is 2.52 bits per heavy atom. The summed E-state index contributed by atoms with van der Waals surface area (Å²) in [6.07, 6.45) is 4.94. The van der Waals surface area contributed by atoms with E-state index in [2.05, 4.69) is 34.7 Å². The molecule has 1 aromatic carbocycles. The number of anilines is 1. The van der Waals surface area contributed by atoms with E-state index in [4.69, 9.17) is 0 Å². The second-order valence-corrected chi connectivity index (χ2v) is 6.08. The number of hydrogen-bond donors (Lipinski definition) is 1. The van der Waals surface area contributed by atoms with Gasteiger partial charge in [0, 0.05) is 17.8 Å². The SMILES string of the molecule is C[C@H]1CCC[C@H](C)N1C(=O)CNc1ccc(-n2cnnn2)cc1. The van der Waals surface area contributed by atoms with E-state index in [9.17, 15) is 4.79 Å². The van der Waals surface area contributed by atoms with Crippen LogP contribution in [0.5, 0.6) is 0 Å². The van der Waals surface area contributed by atoms with Crippen molar-refractivity contribution >= 4 is 11.6 Å². The summed E-state index contributed by atoms with van der Waals surface area (Å²) in [6.45, 7) is 4.59. The number of rotatable bonds is 4. The number of carbonyl (C=O) groups is 1. The third-order valence-electron chi connectivity index (χ3n) is 4.41. The fourth-order valence-corrected chi connectivity index (χ4v) is 3.19. The Morgan fingerprint density at radius 2 is 1.91 bits per heavy atom. The smallest absolute Gasteiger partial charge is 0.242 e. The van der Waals surface area contributed by atoms with Gasteiger partial charge in [0.15, 0.2) is 0 Å². The molecule has 122 valence electrons. The summed E-state index contributed by atoms with van der Waals surface area (Å²) >= 11 is 0. The molecule has 1 saturated heterocycles. The average Bonchev–Trinajstić information content (AvgIpc) is 3.08. The minimum Gasteiger partial charge on any atom is -0.376 e. The van der Waals surface area contributed by atoms with Gasteiger partial charge in [-0.1, -0.05) is 0 Å². The van der Waals surface area contributed by atoms with Gasteiger partial charge in [-0.25, -0.2) is 4.68 Å². The highest BCUT2D eigenvalue weighted by Crippen LogP contribution is 2.22. The van der Waals surface area contributed by atoms with Crippen LogP contribution in [0, 0.1) is 0 Å². The quantitative estimate of drug-likeness (QED) is 0.932. The van der Waals surface area contributed by atoms with Crippen molar-refractivity contribution in [3.8, 4) is 5.69 Å². The zero-order valence-corrected chi connectivity index (χ0v) is 13.5. The summed E-state index contributed by atoms with van der Waals surface area (Å²) in [5, 5.41) is 14.3. The van der Waals surface area contributed by atoms with E-state index >= 15 is 0 Å². The lowest BCUT2D eigenvalue weighted by atomic mass is 9.97. The zero-order valence-electron chi connectivity index (χ0n) is 13.5. The van der Waals surface area contributed by atoms with Crippen LogP contribution in [0.4, 0.5) is 5.69 Å². The molecule has 0 spiro atoms. The van der Waals surface area contributed by atoms with E-state index in [1.165, 1.54) is 6.42 Å². The third-order valence-corrected chi connectivity index (χ3v) is 4.41. The number of nitrogens with zero attached hydrogens (tertiary/aromatic N) is 5. The third kappa shape index (κ3) is 3.49. The van der Waals surface area contributed by atoms with E-state index in [0.29, 0.717) is 18.6 Å². The first kappa shape index (κ1) is 15.5. The Kier molecular flexibility index (Phi) is 4.55. The standard InChI is InChI=1S/C16H22N6O/c1-12-4-3-5-13(2)22(12)16(23)10-17-14-6-8-15(9-7-14)21-11-18-19-20-21/h6-9,11-13,17H,3-5,10H2,1-2H3/t12-,13-/m0/s1. The van der Waals surface area contributed by atoms with Crippen molar-refractivity contribution in [2.45, 2.75) is 45.2 Å². The zero-order chi connectivity index (χ0) is 16.2. The van der Waals surface area contributed by atoms with Crippen molar-refractivity contribution in [2.24, 2.45) is 0 Å². The maximum Gasteiger partial charge on any atom is 0.242 e. The van der Waals surface area contributed by atoms with Gasteiger partial charge < -0.3 is 10.2 Å². The highest BCUT2D eigenvalue weighted by molar-refractivity contribution is 5.81. The lowest BCUT2D eigenvalue weighted by molar-refractivity contribution is -0.135.